The molecule has 0 saturated carbocycles. The molecule has 1 aromatic carbocycles. The van der Waals surface area contributed by atoms with Gasteiger partial charge in [0.05, 0.1) is 31.8 Å². The lowest BCUT2D eigenvalue weighted by atomic mass is 10.2. The Morgan fingerprint density at radius 2 is 2.33 bits per heavy atom. The maximum absolute atomic E-state index is 12.1. The number of ether oxygens (including phenoxy) is 2. The van der Waals surface area contributed by atoms with E-state index in [-0.39, 0.29) is 24.7 Å². The highest BCUT2D eigenvalue weighted by molar-refractivity contribution is 5.76. The van der Waals surface area contributed by atoms with Gasteiger partial charge >= 0.3 is 0 Å². The van der Waals surface area contributed by atoms with Crippen LogP contribution in [-0.2, 0) is 9.53 Å². The van der Waals surface area contributed by atoms with Crippen LogP contribution < -0.4 is 10.5 Å². The van der Waals surface area contributed by atoms with Gasteiger partial charge in [0.25, 0.3) is 0 Å². The van der Waals surface area contributed by atoms with Crippen molar-refractivity contribution in [3.8, 4) is 5.75 Å². The third-order valence-corrected chi connectivity index (χ3v) is 3.33. The lowest BCUT2D eigenvalue weighted by molar-refractivity contribution is -0.147. The molecule has 3 N–H and O–H groups in total. The second-order valence-electron chi connectivity index (χ2n) is 5.22. The summed E-state index contributed by atoms with van der Waals surface area (Å²) >= 11 is 0. The molecule has 1 aromatic rings. The molecular formula is C15H22N2O4. The first-order chi connectivity index (χ1) is 10.1. The van der Waals surface area contributed by atoms with Gasteiger partial charge in [0.1, 0.15) is 5.75 Å². The molecule has 2 rings (SSSR count). The highest BCUT2D eigenvalue weighted by atomic mass is 16.5. The minimum absolute atomic E-state index is 0.00695. The molecule has 6 nitrogen and oxygen atoms in total. The molecule has 1 heterocycles. The predicted molar refractivity (Wildman–Crippen MR) is 79.0 cm³/mol. The van der Waals surface area contributed by atoms with Gasteiger partial charge in [-0.3, -0.25) is 4.79 Å². The monoisotopic (exact) mass is 294 g/mol. The minimum atomic E-state index is -0.299. The first-order valence-electron chi connectivity index (χ1n) is 7.11. The number of amides is 1. The van der Waals surface area contributed by atoms with Crippen LogP contribution in [0.5, 0.6) is 5.75 Å². The smallest absolute Gasteiger partial charge is 0.226 e. The molecular weight excluding hydrogens is 272 g/mol. The summed E-state index contributed by atoms with van der Waals surface area (Å²) in [5.74, 6) is 0.666. The van der Waals surface area contributed by atoms with E-state index in [1.165, 1.54) is 0 Å². The highest BCUT2D eigenvalue weighted by Crippen LogP contribution is 2.15. The van der Waals surface area contributed by atoms with Gasteiger partial charge in [-0.25, -0.2) is 0 Å². The van der Waals surface area contributed by atoms with Gasteiger partial charge in [-0.15, -0.1) is 0 Å². The maximum Gasteiger partial charge on any atom is 0.226 e. The zero-order chi connectivity index (χ0) is 15.2. The molecule has 2 atom stereocenters. The standard InChI is InChI=1S/C15H22N2O4/c1-11-8-17(9-14(10-18)21-11)15(19)5-6-20-13-4-2-3-12(16)7-13/h2-4,7,11,14,18H,5-6,8-10,16H2,1H3. The van der Waals surface area contributed by atoms with E-state index in [0.29, 0.717) is 37.6 Å². The van der Waals surface area contributed by atoms with E-state index in [9.17, 15) is 4.79 Å². The summed E-state index contributed by atoms with van der Waals surface area (Å²) in [5.41, 5.74) is 6.29. The predicted octanol–water partition coefficient (Wildman–Crippen LogP) is 0.646. The molecule has 1 fully saturated rings. The van der Waals surface area contributed by atoms with Crippen molar-refractivity contribution in [3.63, 3.8) is 0 Å². The second-order valence-corrected chi connectivity index (χ2v) is 5.22. The van der Waals surface area contributed by atoms with E-state index in [2.05, 4.69) is 0 Å². The van der Waals surface area contributed by atoms with Gasteiger partial charge in [0.15, 0.2) is 0 Å². The molecule has 1 saturated heterocycles. The Kier molecular flexibility index (Phi) is 5.41. The van der Waals surface area contributed by atoms with Crippen molar-refractivity contribution in [2.75, 3.05) is 32.0 Å². The Balaban J connectivity index is 1.79. The number of anilines is 1. The number of carbonyl (C=O) groups excluding carboxylic acids is 1. The Hall–Kier alpha value is -1.79. The zero-order valence-corrected chi connectivity index (χ0v) is 12.2. The fraction of sp³-hybridized carbons (Fsp3) is 0.533. The Morgan fingerprint density at radius 3 is 3.05 bits per heavy atom. The van der Waals surface area contributed by atoms with E-state index in [4.69, 9.17) is 20.3 Å². The average molecular weight is 294 g/mol. The molecule has 2 unspecified atom stereocenters. The Morgan fingerprint density at radius 1 is 1.52 bits per heavy atom. The van der Waals surface area contributed by atoms with E-state index >= 15 is 0 Å². The van der Waals surface area contributed by atoms with Gasteiger partial charge < -0.3 is 25.2 Å². The van der Waals surface area contributed by atoms with Crippen LogP contribution in [0.3, 0.4) is 0 Å². The van der Waals surface area contributed by atoms with Crippen LogP contribution in [0, 0.1) is 0 Å². The number of morpholine rings is 1. The molecule has 0 aromatic heterocycles. The molecule has 0 spiro atoms. The van der Waals surface area contributed by atoms with Gasteiger partial charge in [-0.1, -0.05) is 6.07 Å². The molecule has 1 aliphatic heterocycles. The van der Waals surface area contributed by atoms with Crippen molar-refractivity contribution in [2.45, 2.75) is 25.6 Å². The summed E-state index contributed by atoms with van der Waals surface area (Å²) in [5, 5.41) is 9.16. The van der Waals surface area contributed by atoms with E-state index in [1.807, 2.05) is 13.0 Å². The molecule has 6 heteroatoms. The molecule has 1 amide bonds. The van der Waals surface area contributed by atoms with Gasteiger partial charge in [0, 0.05) is 24.8 Å². The van der Waals surface area contributed by atoms with E-state index in [0.717, 1.165) is 0 Å². The lowest BCUT2D eigenvalue weighted by Crippen LogP contribution is -2.50. The number of nitrogens with zero attached hydrogens (tertiary/aromatic N) is 1. The summed E-state index contributed by atoms with van der Waals surface area (Å²) < 4.78 is 11.0. The van der Waals surface area contributed by atoms with Crippen molar-refractivity contribution in [2.24, 2.45) is 0 Å². The maximum atomic E-state index is 12.1. The van der Waals surface area contributed by atoms with Crippen molar-refractivity contribution in [3.05, 3.63) is 24.3 Å². The van der Waals surface area contributed by atoms with Crippen LogP contribution in [0.15, 0.2) is 24.3 Å². The quantitative estimate of drug-likeness (QED) is 0.779. The summed E-state index contributed by atoms with van der Waals surface area (Å²) in [7, 11) is 0. The van der Waals surface area contributed by atoms with Crippen LogP contribution in [0.4, 0.5) is 5.69 Å². The van der Waals surface area contributed by atoms with Gasteiger partial charge in [-0.2, -0.15) is 0 Å². The van der Waals surface area contributed by atoms with Crippen molar-refractivity contribution in [1.29, 1.82) is 0 Å². The third-order valence-electron chi connectivity index (χ3n) is 3.33. The number of rotatable bonds is 5. The number of aliphatic hydroxyl groups is 1. The van der Waals surface area contributed by atoms with E-state index in [1.54, 1.807) is 23.1 Å². The Bertz CT molecular complexity index is 480. The van der Waals surface area contributed by atoms with Crippen molar-refractivity contribution in [1.82, 2.24) is 4.90 Å². The SMILES string of the molecule is CC1CN(C(=O)CCOc2cccc(N)c2)CC(CO)O1. The topological polar surface area (TPSA) is 85.0 Å². The summed E-state index contributed by atoms with van der Waals surface area (Å²) in [4.78, 5) is 13.9. The van der Waals surface area contributed by atoms with Gasteiger partial charge in [0.2, 0.25) is 5.91 Å². The van der Waals surface area contributed by atoms with Crippen LogP contribution in [-0.4, -0.2) is 54.4 Å². The van der Waals surface area contributed by atoms with Crippen molar-refractivity contribution < 1.29 is 19.4 Å². The lowest BCUT2D eigenvalue weighted by Gasteiger charge is -2.36. The second kappa shape index (κ2) is 7.28. The largest absolute Gasteiger partial charge is 0.493 e. The van der Waals surface area contributed by atoms with Crippen LogP contribution in [0.25, 0.3) is 0 Å². The average Bonchev–Trinajstić information content (AvgIpc) is 2.46. The van der Waals surface area contributed by atoms with Crippen LogP contribution in [0.2, 0.25) is 0 Å². The molecule has 1 aliphatic rings. The molecule has 116 valence electrons. The summed E-state index contributed by atoms with van der Waals surface area (Å²) in [6, 6.07) is 7.12. The molecule has 21 heavy (non-hydrogen) atoms. The zero-order valence-electron chi connectivity index (χ0n) is 12.2. The molecule has 0 aliphatic carbocycles. The fourth-order valence-corrected chi connectivity index (χ4v) is 2.37. The number of hydrogen-bond donors (Lipinski definition) is 2. The van der Waals surface area contributed by atoms with Crippen LogP contribution >= 0.6 is 0 Å². The van der Waals surface area contributed by atoms with Crippen LogP contribution in [0.1, 0.15) is 13.3 Å². The number of nitrogens with two attached hydrogens (primary N) is 1. The summed E-state index contributed by atoms with van der Waals surface area (Å²) in [6.07, 6.45) is -0.0677. The summed E-state index contributed by atoms with van der Waals surface area (Å²) in [6.45, 7) is 3.10. The first kappa shape index (κ1) is 15.6. The normalized spacial score (nSPS) is 22.1. The number of aliphatic hydroxyl groups excluding tert-OH is 1. The first-order valence-corrected chi connectivity index (χ1v) is 7.11. The fourth-order valence-electron chi connectivity index (χ4n) is 2.37. The molecule has 0 bridgehead atoms. The number of carbonyl (C=O) groups is 1. The number of benzene rings is 1. The Labute approximate surface area is 124 Å². The molecule has 0 radical (unpaired) electrons. The van der Waals surface area contributed by atoms with E-state index < -0.39 is 0 Å². The highest BCUT2D eigenvalue weighted by Gasteiger charge is 2.27. The van der Waals surface area contributed by atoms with Crippen molar-refractivity contribution >= 4 is 11.6 Å². The number of hydrogen-bond acceptors (Lipinski definition) is 5. The third kappa shape index (κ3) is 4.61. The number of nitrogen functional groups attached to an aromatic ring is 1. The van der Waals surface area contributed by atoms with Gasteiger partial charge in [-0.05, 0) is 19.1 Å². The minimum Gasteiger partial charge on any atom is -0.493 e.